The third-order valence-corrected chi connectivity index (χ3v) is 2.01. The average Bonchev–Trinajstić information content (AvgIpc) is 2.26. The molecule has 1 fully saturated rings. The number of esters is 1. The molecule has 0 bridgehead atoms. The van der Waals surface area contributed by atoms with Crippen LogP contribution in [0.15, 0.2) is 0 Å². The molecule has 5 heteroatoms. The number of nitrogens with zero attached hydrogens (tertiary/aromatic N) is 1. The van der Waals surface area contributed by atoms with E-state index in [0.717, 1.165) is 0 Å². The molecule has 0 unspecified atom stereocenters. The van der Waals surface area contributed by atoms with Crippen molar-refractivity contribution in [1.29, 1.82) is 0 Å². The molecule has 0 atom stereocenters. The standard InChI is InChI=1S/C9H15NO4/c1-2-9(12)14-7-8(11)10-3-5-13-6-4-10/h2-7H2,1H3. The lowest BCUT2D eigenvalue weighted by Gasteiger charge is -2.26. The van der Waals surface area contributed by atoms with E-state index >= 15 is 0 Å². The minimum absolute atomic E-state index is 0.143. The first kappa shape index (κ1) is 11.0. The lowest BCUT2D eigenvalue weighted by atomic mass is 10.4. The fourth-order valence-corrected chi connectivity index (χ4v) is 1.15. The topological polar surface area (TPSA) is 55.8 Å². The Morgan fingerprint density at radius 3 is 2.57 bits per heavy atom. The third-order valence-electron chi connectivity index (χ3n) is 2.01. The fourth-order valence-electron chi connectivity index (χ4n) is 1.15. The zero-order chi connectivity index (χ0) is 10.4. The van der Waals surface area contributed by atoms with Gasteiger partial charge in [-0.2, -0.15) is 0 Å². The number of carbonyl (C=O) groups is 2. The largest absolute Gasteiger partial charge is 0.456 e. The molecule has 1 heterocycles. The van der Waals surface area contributed by atoms with E-state index in [2.05, 4.69) is 0 Å². The first-order valence-corrected chi connectivity index (χ1v) is 4.75. The third kappa shape index (κ3) is 3.33. The van der Waals surface area contributed by atoms with Crippen LogP contribution in [-0.2, 0) is 19.1 Å². The van der Waals surface area contributed by atoms with Gasteiger partial charge in [-0.05, 0) is 0 Å². The lowest BCUT2D eigenvalue weighted by molar-refractivity contribution is -0.153. The number of carbonyl (C=O) groups excluding carboxylic acids is 2. The molecule has 1 aliphatic rings. The predicted molar refractivity (Wildman–Crippen MR) is 48.6 cm³/mol. The molecule has 0 aliphatic carbocycles. The summed E-state index contributed by atoms with van der Waals surface area (Å²) in [7, 11) is 0. The van der Waals surface area contributed by atoms with Gasteiger partial charge < -0.3 is 14.4 Å². The first-order chi connectivity index (χ1) is 6.74. The molecule has 1 rings (SSSR count). The molecule has 5 nitrogen and oxygen atoms in total. The fraction of sp³-hybridized carbons (Fsp3) is 0.778. The highest BCUT2D eigenvalue weighted by Gasteiger charge is 2.17. The SMILES string of the molecule is CCC(=O)OCC(=O)N1CCOCC1. The van der Waals surface area contributed by atoms with Gasteiger partial charge in [-0.1, -0.05) is 6.92 Å². The second-order valence-corrected chi connectivity index (χ2v) is 3.01. The minimum Gasteiger partial charge on any atom is -0.456 e. The molecule has 0 aromatic carbocycles. The van der Waals surface area contributed by atoms with Crippen LogP contribution in [0.4, 0.5) is 0 Å². The van der Waals surface area contributed by atoms with Crippen LogP contribution >= 0.6 is 0 Å². The summed E-state index contributed by atoms with van der Waals surface area (Å²) < 4.78 is 9.83. The van der Waals surface area contributed by atoms with Crippen molar-refractivity contribution in [3.05, 3.63) is 0 Å². The van der Waals surface area contributed by atoms with Gasteiger partial charge in [-0.15, -0.1) is 0 Å². The molecule has 0 spiro atoms. The van der Waals surface area contributed by atoms with Crippen molar-refractivity contribution < 1.29 is 19.1 Å². The van der Waals surface area contributed by atoms with Gasteiger partial charge in [0.25, 0.3) is 5.91 Å². The van der Waals surface area contributed by atoms with Crippen molar-refractivity contribution in [3.8, 4) is 0 Å². The molecule has 0 aromatic rings. The van der Waals surface area contributed by atoms with E-state index in [1.807, 2.05) is 0 Å². The predicted octanol–water partition coefficient (Wildman–Crippen LogP) is -0.202. The zero-order valence-electron chi connectivity index (χ0n) is 8.32. The van der Waals surface area contributed by atoms with Gasteiger partial charge in [0.2, 0.25) is 0 Å². The summed E-state index contributed by atoms with van der Waals surface area (Å²) in [4.78, 5) is 23.8. The summed E-state index contributed by atoms with van der Waals surface area (Å²) in [6, 6.07) is 0. The Labute approximate surface area is 83.0 Å². The maximum atomic E-state index is 11.4. The number of ether oxygens (including phenoxy) is 2. The van der Waals surface area contributed by atoms with Crippen LogP contribution in [-0.4, -0.2) is 49.7 Å². The molecule has 0 radical (unpaired) electrons. The normalized spacial score (nSPS) is 16.5. The van der Waals surface area contributed by atoms with Crippen LogP contribution in [0.3, 0.4) is 0 Å². The van der Waals surface area contributed by atoms with Crippen molar-refractivity contribution in [2.75, 3.05) is 32.9 Å². The van der Waals surface area contributed by atoms with Crippen LogP contribution in [0.2, 0.25) is 0 Å². The van der Waals surface area contributed by atoms with E-state index in [-0.39, 0.29) is 18.5 Å². The smallest absolute Gasteiger partial charge is 0.306 e. The van der Waals surface area contributed by atoms with E-state index < -0.39 is 0 Å². The highest BCUT2D eigenvalue weighted by atomic mass is 16.5. The molecule has 80 valence electrons. The maximum absolute atomic E-state index is 11.4. The molecule has 0 aromatic heterocycles. The van der Waals surface area contributed by atoms with E-state index in [4.69, 9.17) is 9.47 Å². The quantitative estimate of drug-likeness (QED) is 0.593. The second-order valence-electron chi connectivity index (χ2n) is 3.01. The summed E-state index contributed by atoms with van der Waals surface area (Å²) in [5.74, 6) is -0.485. The number of rotatable bonds is 3. The van der Waals surface area contributed by atoms with Crippen LogP contribution < -0.4 is 0 Å². The minimum atomic E-state index is -0.341. The van der Waals surface area contributed by atoms with Crippen LogP contribution in [0, 0.1) is 0 Å². The van der Waals surface area contributed by atoms with Crippen LogP contribution in [0.25, 0.3) is 0 Å². The van der Waals surface area contributed by atoms with Gasteiger partial charge in [0.05, 0.1) is 13.2 Å². The van der Waals surface area contributed by atoms with Crippen molar-refractivity contribution in [2.24, 2.45) is 0 Å². The molecule has 14 heavy (non-hydrogen) atoms. The molecular formula is C9H15NO4. The number of hydrogen-bond donors (Lipinski definition) is 0. The maximum Gasteiger partial charge on any atom is 0.306 e. The number of amides is 1. The van der Waals surface area contributed by atoms with Crippen molar-refractivity contribution in [2.45, 2.75) is 13.3 Å². The van der Waals surface area contributed by atoms with Gasteiger partial charge in [-0.3, -0.25) is 9.59 Å². The summed E-state index contributed by atoms with van der Waals surface area (Å²) in [6.07, 6.45) is 0.302. The van der Waals surface area contributed by atoms with E-state index in [1.54, 1.807) is 11.8 Å². The molecule has 1 aliphatic heterocycles. The zero-order valence-corrected chi connectivity index (χ0v) is 8.32. The van der Waals surface area contributed by atoms with Gasteiger partial charge in [0, 0.05) is 19.5 Å². The highest BCUT2D eigenvalue weighted by Crippen LogP contribution is 1.98. The Bertz CT molecular complexity index is 211. The van der Waals surface area contributed by atoms with E-state index in [9.17, 15) is 9.59 Å². The Hall–Kier alpha value is -1.10. The number of morpholine rings is 1. The van der Waals surface area contributed by atoms with Crippen LogP contribution in [0.1, 0.15) is 13.3 Å². The van der Waals surface area contributed by atoms with Gasteiger partial charge in [0.1, 0.15) is 0 Å². The van der Waals surface area contributed by atoms with Gasteiger partial charge in [0.15, 0.2) is 6.61 Å². The Morgan fingerprint density at radius 1 is 1.36 bits per heavy atom. The summed E-state index contributed by atoms with van der Waals surface area (Å²) in [6.45, 7) is 3.85. The molecule has 1 saturated heterocycles. The summed E-state index contributed by atoms with van der Waals surface area (Å²) >= 11 is 0. The van der Waals surface area contributed by atoms with Gasteiger partial charge in [-0.25, -0.2) is 0 Å². The van der Waals surface area contributed by atoms with Gasteiger partial charge >= 0.3 is 5.97 Å². The molecule has 0 saturated carbocycles. The average molecular weight is 201 g/mol. The second kappa shape index (κ2) is 5.59. The lowest BCUT2D eigenvalue weighted by Crippen LogP contribution is -2.42. The number of hydrogen-bond acceptors (Lipinski definition) is 4. The van der Waals surface area contributed by atoms with Crippen LogP contribution in [0.5, 0.6) is 0 Å². The molecule has 1 amide bonds. The van der Waals surface area contributed by atoms with E-state index in [0.29, 0.717) is 32.7 Å². The summed E-state index contributed by atoms with van der Waals surface area (Å²) in [5.41, 5.74) is 0. The summed E-state index contributed by atoms with van der Waals surface area (Å²) in [5, 5.41) is 0. The Kier molecular flexibility index (Phi) is 4.39. The van der Waals surface area contributed by atoms with E-state index in [1.165, 1.54) is 0 Å². The Morgan fingerprint density at radius 2 is 2.00 bits per heavy atom. The Balaban J connectivity index is 2.23. The van der Waals surface area contributed by atoms with Crippen molar-refractivity contribution in [3.63, 3.8) is 0 Å². The molecule has 0 N–H and O–H groups in total. The monoisotopic (exact) mass is 201 g/mol. The van der Waals surface area contributed by atoms with Crippen molar-refractivity contribution >= 4 is 11.9 Å². The van der Waals surface area contributed by atoms with Crippen molar-refractivity contribution in [1.82, 2.24) is 4.90 Å². The molecular weight excluding hydrogens is 186 g/mol. The highest BCUT2D eigenvalue weighted by molar-refractivity contribution is 5.80. The first-order valence-electron chi connectivity index (χ1n) is 4.75.